The summed E-state index contributed by atoms with van der Waals surface area (Å²) in [6.45, 7) is 14.8. The van der Waals surface area contributed by atoms with E-state index in [1.54, 1.807) is 0 Å². The molecule has 0 bridgehead atoms. The van der Waals surface area contributed by atoms with Crippen molar-refractivity contribution in [2.45, 2.75) is 66.2 Å². The van der Waals surface area contributed by atoms with Crippen LogP contribution in [0.25, 0.3) is 0 Å². The second kappa shape index (κ2) is 12.1. The molecular formula is C24H43N2O2+. The number of quaternary nitrogens is 1. The van der Waals surface area contributed by atoms with Gasteiger partial charge in [0.25, 0.3) is 5.91 Å². The molecule has 0 atom stereocenters. The van der Waals surface area contributed by atoms with Crippen molar-refractivity contribution < 1.29 is 14.0 Å². The minimum Gasteiger partial charge on any atom is -0.493 e. The summed E-state index contributed by atoms with van der Waals surface area (Å²) in [4.78, 5) is 14.7. The molecule has 0 aliphatic rings. The van der Waals surface area contributed by atoms with Gasteiger partial charge in [-0.05, 0) is 55.7 Å². The van der Waals surface area contributed by atoms with Gasteiger partial charge in [-0.1, -0.05) is 39.8 Å². The summed E-state index contributed by atoms with van der Waals surface area (Å²) in [5, 5.41) is 0. The number of unbranched alkanes of at least 4 members (excludes halogenated alkanes) is 1. The number of aryl methyl sites for hydroxylation is 1. The van der Waals surface area contributed by atoms with Crippen molar-refractivity contribution in [1.29, 1.82) is 0 Å². The largest absolute Gasteiger partial charge is 0.493 e. The van der Waals surface area contributed by atoms with Gasteiger partial charge in [-0.2, -0.15) is 0 Å². The molecule has 0 N–H and O–H groups in total. The highest BCUT2D eigenvalue weighted by Gasteiger charge is 2.23. The fraction of sp³-hybridized carbons (Fsp3) is 0.708. The Morgan fingerprint density at radius 1 is 1.11 bits per heavy atom. The number of carbonyl (C=O) groups is 1. The molecule has 0 fully saturated rings. The Morgan fingerprint density at radius 2 is 1.75 bits per heavy atom. The van der Waals surface area contributed by atoms with Crippen LogP contribution >= 0.6 is 0 Å². The molecule has 0 saturated carbocycles. The van der Waals surface area contributed by atoms with Gasteiger partial charge in [-0.15, -0.1) is 0 Å². The smallest absolute Gasteiger partial charge is 0.277 e. The zero-order chi connectivity index (χ0) is 21.2. The molecule has 0 unspecified atom stereocenters. The maximum absolute atomic E-state index is 12.6. The van der Waals surface area contributed by atoms with Crippen LogP contribution < -0.4 is 4.74 Å². The average Bonchev–Trinajstić information content (AvgIpc) is 2.60. The molecule has 4 heteroatoms. The summed E-state index contributed by atoms with van der Waals surface area (Å²) in [6.07, 6.45) is 4.11. The molecule has 0 aromatic heterocycles. The molecule has 0 aliphatic carbocycles. The summed E-state index contributed by atoms with van der Waals surface area (Å²) in [5.74, 6) is 1.77. The van der Waals surface area contributed by atoms with Crippen LogP contribution in [-0.2, 0) is 4.79 Å². The third-order valence-electron chi connectivity index (χ3n) is 5.11. The summed E-state index contributed by atoms with van der Waals surface area (Å²) in [5.41, 5.74) is 2.51. The van der Waals surface area contributed by atoms with Crippen molar-refractivity contribution in [2.24, 2.45) is 0 Å². The van der Waals surface area contributed by atoms with Gasteiger partial charge in [0.15, 0.2) is 6.54 Å². The number of rotatable bonds is 13. The first-order valence-electron chi connectivity index (χ1n) is 11.0. The lowest BCUT2D eigenvalue weighted by Gasteiger charge is -2.32. The highest BCUT2D eigenvalue weighted by Crippen LogP contribution is 2.27. The Kier molecular flexibility index (Phi) is 10.6. The molecule has 1 aromatic carbocycles. The molecule has 160 valence electrons. The lowest BCUT2D eigenvalue weighted by Crippen LogP contribution is -2.49. The Hall–Kier alpha value is -1.55. The van der Waals surface area contributed by atoms with Crippen LogP contribution in [0.3, 0.4) is 0 Å². The highest BCUT2D eigenvalue weighted by molar-refractivity contribution is 5.77. The van der Waals surface area contributed by atoms with Crippen LogP contribution in [0.5, 0.6) is 5.75 Å². The Labute approximate surface area is 173 Å². The Bertz CT molecular complexity index is 590. The molecule has 0 aliphatic heterocycles. The van der Waals surface area contributed by atoms with Crippen LogP contribution in [0.1, 0.15) is 70.4 Å². The molecule has 4 nitrogen and oxygen atoms in total. The van der Waals surface area contributed by atoms with Gasteiger partial charge in [0.2, 0.25) is 0 Å². The van der Waals surface area contributed by atoms with Crippen LogP contribution in [0, 0.1) is 6.92 Å². The summed E-state index contributed by atoms with van der Waals surface area (Å²) in [7, 11) is 4.32. The second-order valence-electron chi connectivity index (χ2n) is 8.95. The van der Waals surface area contributed by atoms with Crippen molar-refractivity contribution in [3.63, 3.8) is 0 Å². The van der Waals surface area contributed by atoms with E-state index in [0.29, 0.717) is 12.5 Å². The molecule has 0 radical (unpaired) electrons. The van der Waals surface area contributed by atoms with E-state index in [1.807, 2.05) is 4.90 Å². The molecule has 0 saturated heterocycles. The number of nitrogens with zero attached hydrogens (tertiary/aromatic N) is 2. The third kappa shape index (κ3) is 8.64. The van der Waals surface area contributed by atoms with Crippen molar-refractivity contribution >= 4 is 5.91 Å². The van der Waals surface area contributed by atoms with Crippen LogP contribution in [0.15, 0.2) is 18.2 Å². The van der Waals surface area contributed by atoms with Gasteiger partial charge in [-0.25, -0.2) is 0 Å². The van der Waals surface area contributed by atoms with Gasteiger partial charge in [0.05, 0.1) is 27.2 Å². The number of amides is 1. The first-order valence-corrected chi connectivity index (χ1v) is 11.0. The zero-order valence-corrected chi connectivity index (χ0v) is 19.4. The van der Waals surface area contributed by atoms with Crippen LogP contribution in [-0.4, -0.2) is 62.2 Å². The topological polar surface area (TPSA) is 29.5 Å². The number of carbonyl (C=O) groups excluding carboxylic acids is 1. The fourth-order valence-corrected chi connectivity index (χ4v) is 3.51. The quantitative estimate of drug-likeness (QED) is 0.350. The number of likely N-dealkylation sites (N-methyl/N-ethyl adjacent to an activating group) is 1. The van der Waals surface area contributed by atoms with Gasteiger partial charge >= 0.3 is 0 Å². The highest BCUT2D eigenvalue weighted by atomic mass is 16.5. The maximum Gasteiger partial charge on any atom is 0.277 e. The van der Waals surface area contributed by atoms with E-state index < -0.39 is 0 Å². The second-order valence-corrected chi connectivity index (χ2v) is 8.95. The van der Waals surface area contributed by atoms with E-state index in [1.165, 1.54) is 11.1 Å². The number of ether oxygens (including phenoxy) is 1. The lowest BCUT2D eigenvalue weighted by molar-refractivity contribution is -0.883. The number of benzene rings is 1. The van der Waals surface area contributed by atoms with Crippen molar-refractivity contribution in [1.82, 2.24) is 4.90 Å². The summed E-state index contributed by atoms with van der Waals surface area (Å²) >= 11 is 0. The van der Waals surface area contributed by atoms with Gasteiger partial charge in [0.1, 0.15) is 5.75 Å². The first-order chi connectivity index (χ1) is 13.2. The minimum atomic E-state index is 0.284. The summed E-state index contributed by atoms with van der Waals surface area (Å²) in [6, 6.07) is 6.48. The standard InChI is InChI=1S/C24H43N2O2/c1-8-14-25(15-9-2)24(27)19-26(6,7)16-10-11-17-28-23-18-21(5)12-13-22(23)20(3)4/h12-13,18,20H,8-11,14-17,19H2,1-7H3/q+1. The van der Waals surface area contributed by atoms with E-state index in [0.717, 1.165) is 62.2 Å². The Balaban J connectivity index is 2.44. The van der Waals surface area contributed by atoms with E-state index in [-0.39, 0.29) is 5.91 Å². The van der Waals surface area contributed by atoms with Crippen LogP contribution in [0.2, 0.25) is 0 Å². The number of hydrogen-bond donors (Lipinski definition) is 0. The molecule has 28 heavy (non-hydrogen) atoms. The normalized spacial score (nSPS) is 11.7. The molecule has 1 rings (SSSR count). The van der Waals surface area contributed by atoms with Crippen molar-refractivity contribution in [3.8, 4) is 5.75 Å². The number of hydrogen-bond acceptors (Lipinski definition) is 2. The van der Waals surface area contributed by atoms with Gasteiger partial charge < -0.3 is 14.1 Å². The molecule has 1 amide bonds. The summed E-state index contributed by atoms with van der Waals surface area (Å²) < 4.78 is 6.84. The van der Waals surface area contributed by atoms with E-state index in [9.17, 15) is 4.79 Å². The Morgan fingerprint density at radius 3 is 2.32 bits per heavy atom. The minimum absolute atomic E-state index is 0.284. The monoisotopic (exact) mass is 391 g/mol. The van der Waals surface area contributed by atoms with E-state index in [2.05, 4.69) is 66.9 Å². The molecule has 0 spiro atoms. The van der Waals surface area contributed by atoms with Crippen molar-refractivity contribution in [2.75, 3.05) is 46.9 Å². The third-order valence-corrected chi connectivity index (χ3v) is 5.11. The fourth-order valence-electron chi connectivity index (χ4n) is 3.51. The molecule has 0 heterocycles. The zero-order valence-electron chi connectivity index (χ0n) is 19.4. The van der Waals surface area contributed by atoms with Gasteiger partial charge in [-0.3, -0.25) is 4.79 Å². The molecular weight excluding hydrogens is 348 g/mol. The van der Waals surface area contributed by atoms with E-state index >= 15 is 0 Å². The van der Waals surface area contributed by atoms with Gasteiger partial charge in [0, 0.05) is 13.1 Å². The predicted molar refractivity (Wildman–Crippen MR) is 119 cm³/mol. The van der Waals surface area contributed by atoms with Crippen LogP contribution in [0.4, 0.5) is 0 Å². The molecule has 1 aromatic rings. The first kappa shape index (κ1) is 24.5. The van der Waals surface area contributed by atoms with Crippen molar-refractivity contribution in [3.05, 3.63) is 29.3 Å². The SMILES string of the molecule is CCCN(CCC)C(=O)C[N+](C)(C)CCCCOc1cc(C)ccc1C(C)C. The predicted octanol–water partition coefficient (Wildman–Crippen LogP) is 5.00. The maximum atomic E-state index is 12.6. The lowest BCUT2D eigenvalue weighted by atomic mass is 10.0. The average molecular weight is 392 g/mol. The van der Waals surface area contributed by atoms with E-state index in [4.69, 9.17) is 4.74 Å².